The number of halogens is 1. The van der Waals surface area contributed by atoms with Crippen molar-refractivity contribution < 1.29 is 17.2 Å². The molecule has 0 atom stereocenters. The first-order valence-electron chi connectivity index (χ1n) is 3.90. The molecular weight excluding hydrogens is 229 g/mol. The van der Waals surface area contributed by atoms with E-state index in [1.54, 1.807) is 0 Å². The van der Waals surface area contributed by atoms with Crippen molar-refractivity contribution in [2.24, 2.45) is 0 Å². The van der Waals surface area contributed by atoms with Crippen molar-refractivity contribution >= 4 is 16.0 Å². The Bertz CT molecular complexity index is 481. The number of imidazole rings is 1. The zero-order chi connectivity index (χ0) is 11.6. The molecule has 0 spiro atoms. The standard InChI is InChI=1S/C6H8FN3O4S/c1-5-8-6(10(11)12)4-9(5)2-3-15(7,13)14/h4H,2-3H2,1H3. The molecule has 84 valence electrons. The lowest BCUT2D eigenvalue weighted by Gasteiger charge is -1.97. The molecule has 0 unspecified atom stereocenters. The highest BCUT2D eigenvalue weighted by Gasteiger charge is 2.16. The minimum atomic E-state index is -4.57. The molecule has 0 bridgehead atoms. The monoisotopic (exact) mass is 237 g/mol. The molecular formula is C6H8FN3O4S. The Labute approximate surface area is 84.9 Å². The van der Waals surface area contributed by atoms with E-state index >= 15 is 0 Å². The highest BCUT2D eigenvalue weighted by molar-refractivity contribution is 7.86. The molecule has 15 heavy (non-hydrogen) atoms. The number of nitrogens with zero attached hydrogens (tertiary/aromatic N) is 3. The summed E-state index contributed by atoms with van der Waals surface area (Å²) in [6, 6.07) is 0. The summed E-state index contributed by atoms with van der Waals surface area (Å²) >= 11 is 0. The van der Waals surface area contributed by atoms with E-state index in [2.05, 4.69) is 4.98 Å². The summed E-state index contributed by atoms with van der Waals surface area (Å²) in [7, 11) is -4.57. The summed E-state index contributed by atoms with van der Waals surface area (Å²) in [5.41, 5.74) is 0. The normalized spacial score (nSPS) is 11.6. The zero-order valence-corrected chi connectivity index (χ0v) is 8.57. The van der Waals surface area contributed by atoms with Gasteiger partial charge in [0.1, 0.15) is 6.20 Å². The van der Waals surface area contributed by atoms with Gasteiger partial charge in [0.05, 0.1) is 5.75 Å². The molecule has 0 N–H and O–H groups in total. The molecule has 0 radical (unpaired) electrons. The Balaban J connectivity index is 2.82. The molecule has 0 amide bonds. The summed E-state index contributed by atoms with van der Waals surface area (Å²) in [4.78, 5) is 13.2. The molecule has 0 fully saturated rings. The molecule has 1 heterocycles. The van der Waals surface area contributed by atoms with Crippen LogP contribution in [0.1, 0.15) is 5.82 Å². The molecule has 1 rings (SSSR count). The third kappa shape index (κ3) is 3.27. The number of aromatic nitrogens is 2. The summed E-state index contributed by atoms with van der Waals surface area (Å²) in [6.07, 6.45) is 1.07. The SMILES string of the molecule is Cc1nc([N+](=O)[O-])cn1CCS(=O)(=O)F. The van der Waals surface area contributed by atoms with E-state index in [1.165, 1.54) is 11.5 Å². The number of aryl methyl sites for hydroxylation is 2. The van der Waals surface area contributed by atoms with Crippen LogP contribution >= 0.6 is 0 Å². The van der Waals surface area contributed by atoms with Crippen molar-refractivity contribution in [3.8, 4) is 0 Å². The molecule has 0 aliphatic carbocycles. The fourth-order valence-electron chi connectivity index (χ4n) is 1.01. The first kappa shape index (κ1) is 11.6. The highest BCUT2D eigenvalue weighted by atomic mass is 32.3. The fraction of sp³-hybridized carbons (Fsp3) is 0.500. The first-order chi connectivity index (χ1) is 6.79. The van der Waals surface area contributed by atoms with Crippen LogP contribution in [0.3, 0.4) is 0 Å². The van der Waals surface area contributed by atoms with Gasteiger partial charge in [-0.15, -0.1) is 3.89 Å². The molecule has 0 saturated carbocycles. The van der Waals surface area contributed by atoms with Gasteiger partial charge in [-0.3, -0.25) is 0 Å². The number of hydrogen-bond acceptors (Lipinski definition) is 5. The van der Waals surface area contributed by atoms with E-state index in [-0.39, 0.29) is 18.2 Å². The average Bonchev–Trinajstić information content (AvgIpc) is 2.42. The summed E-state index contributed by atoms with van der Waals surface area (Å²) in [6.45, 7) is 1.28. The van der Waals surface area contributed by atoms with Crippen LogP contribution in [0, 0.1) is 17.0 Å². The van der Waals surface area contributed by atoms with Crippen LogP contribution in [-0.2, 0) is 16.8 Å². The van der Waals surface area contributed by atoms with Gasteiger partial charge in [-0.25, -0.2) is 0 Å². The number of nitro groups is 1. The first-order valence-corrected chi connectivity index (χ1v) is 5.45. The van der Waals surface area contributed by atoms with Crippen molar-refractivity contribution in [1.82, 2.24) is 9.55 Å². The fourth-order valence-corrected chi connectivity index (χ4v) is 1.43. The molecule has 0 saturated heterocycles. The molecule has 0 aromatic carbocycles. The van der Waals surface area contributed by atoms with E-state index in [4.69, 9.17) is 0 Å². The van der Waals surface area contributed by atoms with Crippen molar-refractivity contribution in [2.45, 2.75) is 13.5 Å². The lowest BCUT2D eigenvalue weighted by molar-refractivity contribution is -0.389. The Kier molecular flexibility index (Phi) is 3.03. The predicted octanol–water partition coefficient (Wildman–Crippen LogP) is 0.399. The van der Waals surface area contributed by atoms with Crippen LogP contribution < -0.4 is 0 Å². The van der Waals surface area contributed by atoms with E-state index in [0.29, 0.717) is 0 Å². The van der Waals surface area contributed by atoms with Gasteiger partial charge in [-0.05, 0) is 9.91 Å². The number of rotatable bonds is 4. The molecule has 9 heteroatoms. The molecule has 7 nitrogen and oxygen atoms in total. The van der Waals surface area contributed by atoms with E-state index < -0.39 is 20.9 Å². The Morgan fingerprint density at radius 3 is 2.67 bits per heavy atom. The highest BCUT2D eigenvalue weighted by Crippen LogP contribution is 2.10. The summed E-state index contributed by atoms with van der Waals surface area (Å²) in [5.74, 6) is -0.837. The second kappa shape index (κ2) is 3.93. The summed E-state index contributed by atoms with van der Waals surface area (Å²) < 4.78 is 33.8. The Morgan fingerprint density at radius 2 is 2.27 bits per heavy atom. The van der Waals surface area contributed by atoms with Crippen molar-refractivity contribution in [3.05, 3.63) is 22.1 Å². The summed E-state index contributed by atoms with van der Waals surface area (Å²) in [5, 5.41) is 10.3. The van der Waals surface area contributed by atoms with E-state index in [9.17, 15) is 22.4 Å². The molecule has 1 aromatic rings. The maximum Gasteiger partial charge on any atom is 0.381 e. The Hall–Kier alpha value is -1.51. The van der Waals surface area contributed by atoms with Crippen LogP contribution in [0.4, 0.5) is 9.70 Å². The Morgan fingerprint density at radius 1 is 1.67 bits per heavy atom. The van der Waals surface area contributed by atoms with Crippen LogP contribution in [0.2, 0.25) is 0 Å². The minimum absolute atomic E-state index is 0.189. The van der Waals surface area contributed by atoms with Crippen LogP contribution in [-0.4, -0.2) is 28.6 Å². The third-order valence-corrected chi connectivity index (χ3v) is 2.40. The van der Waals surface area contributed by atoms with E-state index in [1.807, 2.05) is 0 Å². The maximum absolute atomic E-state index is 12.2. The average molecular weight is 237 g/mol. The van der Waals surface area contributed by atoms with Crippen LogP contribution in [0.15, 0.2) is 6.20 Å². The second-order valence-electron chi connectivity index (χ2n) is 2.84. The van der Waals surface area contributed by atoms with Gasteiger partial charge in [-0.2, -0.15) is 8.42 Å². The topological polar surface area (TPSA) is 95.1 Å². The molecule has 0 aliphatic rings. The predicted molar refractivity (Wildman–Crippen MR) is 48.5 cm³/mol. The smallest absolute Gasteiger partial charge is 0.358 e. The van der Waals surface area contributed by atoms with Gasteiger partial charge in [0.25, 0.3) is 0 Å². The minimum Gasteiger partial charge on any atom is -0.358 e. The third-order valence-electron chi connectivity index (χ3n) is 1.73. The van der Waals surface area contributed by atoms with Gasteiger partial charge >= 0.3 is 16.0 Å². The van der Waals surface area contributed by atoms with Gasteiger partial charge in [0.15, 0.2) is 0 Å². The lowest BCUT2D eigenvalue weighted by atomic mass is 10.6. The van der Waals surface area contributed by atoms with Gasteiger partial charge < -0.3 is 14.7 Å². The largest absolute Gasteiger partial charge is 0.381 e. The van der Waals surface area contributed by atoms with Gasteiger partial charge in [0.2, 0.25) is 5.82 Å². The van der Waals surface area contributed by atoms with Crippen molar-refractivity contribution in [2.75, 3.05) is 5.75 Å². The van der Waals surface area contributed by atoms with E-state index in [0.717, 1.165) is 6.20 Å². The van der Waals surface area contributed by atoms with Gasteiger partial charge in [0, 0.05) is 13.5 Å². The van der Waals surface area contributed by atoms with Crippen LogP contribution in [0.25, 0.3) is 0 Å². The molecule has 0 aliphatic heterocycles. The van der Waals surface area contributed by atoms with Crippen molar-refractivity contribution in [3.63, 3.8) is 0 Å². The molecule has 1 aromatic heterocycles. The lowest BCUT2D eigenvalue weighted by Crippen LogP contribution is -2.09. The maximum atomic E-state index is 12.2. The van der Waals surface area contributed by atoms with Gasteiger partial charge in [-0.1, -0.05) is 0 Å². The second-order valence-corrected chi connectivity index (χ2v) is 4.33. The quantitative estimate of drug-likeness (QED) is 0.429. The van der Waals surface area contributed by atoms with Crippen molar-refractivity contribution in [1.29, 1.82) is 0 Å². The van der Waals surface area contributed by atoms with Crippen LogP contribution in [0.5, 0.6) is 0 Å². The number of hydrogen-bond donors (Lipinski definition) is 0. The zero-order valence-electron chi connectivity index (χ0n) is 7.75.